The number of nitrogens with one attached hydrogen (secondary N) is 1. The summed E-state index contributed by atoms with van der Waals surface area (Å²) in [4.78, 5) is 9.09. The number of halogens is 1. The summed E-state index contributed by atoms with van der Waals surface area (Å²) in [5.41, 5.74) is 2.54. The van der Waals surface area contributed by atoms with E-state index in [1.54, 1.807) is 10.9 Å². The van der Waals surface area contributed by atoms with Crippen molar-refractivity contribution in [2.45, 2.75) is 0 Å². The Kier molecular flexibility index (Phi) is 3.58. The van der Waals surface area contributed by atoms with Crippen LogP contribution >= 0.6 is 11.6 Å². The summed E-state index contributed by atoms with van der Waals surface area (Å²) in [5, 5.41) is 7.86. The van der Waals surface area contributed by atoms with E-state index in [0.717, 1.165) is 22.6 Å². The van der Waals surface area contributed by atoms with Crippen molar-refractivity contribution < 1.29 is 0 Å². The molecule has 0 saturated carbocycles. The van der Waals surface area contributed by atoms with E-state index < -0.39 is 0 Å². The molecular formula is C15H14ClN5. The van der Waals surface area contributed by atoms with Crippen molar-refractivity contribution in [2.24, 2.45) is 7.05 Å². The van der Waals surface area contributed by atoms with Crippen LogP contribution in [-0.2, 0) is 7.05 Å². The number of hydrogen-bond acceptors (Lipinski definition) is 4. The van der Waals surface area contributed by atoms with Crippen molar-refractivity contribution in [3.05, 3.63) is 47.7 Å². The Labute approximate surface area is 127 Å². The zero-order valence-corrected chi connectivity index (χ0v) is 12.5. The second-order valence-electron chi connectivity index (χ2n) is 4.59. The Hall–Kier alpha value is -2.40. The molecule has 2 heterocycles. The summed E-state index contributed by atoms with van der Waals surface area (Å²) >= 11 is 6.24. The largest absolute Gasteiger partial charge is 0.373 e. The molecule has 1 N–H and O–H groups in total. The molecule has 21 heavy (non-hydrogen) atoms. The fourth-order valence-corrected chi connectivity index (χ4v) is 2.26. The molecule has 5 nitrogen and oxygen atoms in total. The summed E-state index contributed by atoms with van der Waals surface area (Å²) in [6, 6.07) is 9.42. The first kappa shape index (κ1) is 13.6. The minimum atomic E-state index is 0.589. The highest BCUT2D eigenvalue weighted by atomic mass is 35.5. The first-order valence-corrected chi connectivity index (χ1v) is 6.86. The van der Waals surface area contributed by atoms with Crippen LogP contribution in [0.2, 0.25) is 5.02 Å². The lowest BCUT2D eigenvalue weighted by Crippen LogP contribution is -1.99. The fourth-order valence-electron chi connectivity index (χ4n) is 2.04. The lowest BCUT2D eigenvalue weighted by atomic mass is 10.2. The van der Waals surface area contributed by atoms with Gasteiger partial charge in [-0.25, -0.2) is 9.97 Å². The number of nitrogens with zero attached hydrogens (tertiary/aromatic N) is 4. The van der Waals surface area contributed by atoms with E-state index in [1.165, 1.54) is 0 Å². The summed E-state index contributed by atoms with van der Waals surface area (Å²) in [6.45, 7) is 0. The van der Waals surface area contributed by atoms with Crippen molar-refractivity contribution >= 4 is 17.4 Å². The molecule has 0 saturated heterocycles. The SMILES string of the molecule is CNc1cc(-c2cnn(C)c2)nc(-c2ccccc2Cl)n1. The Morgan fingerprint density at radius 1 is 1.19 bits per heavy atom. The van der Waals surface area contributed by atoms with Crippen LogP contribution in [0.25, 0.3) is 22.6 Å². The van der Waals surface area contributed by atoms with Crippen LogP contribution in [0.5, 0.6) is 0 Å². The zero-order chi connectivity index (χ0) is 14.8. The second kappa shape index (κ2) is 5.54. The third-order valence-corrected chi connectivity index (χ3v) is 3.43. The molecule has 0 spiro atoms. The van der Waals surface area contributed by atoms with Gasteiger partial charge in [-0.15, -0.1) is 0 Å². The molecule has 3 rings (SSSR count). The number of aromatic nitrogens is 4. The standard InChI is InChI=1S/C15H14ClN5/c1-17-14-7-13(10-8-18-21(2)9-10)19-15(20-14)11-5-3-4-6-12(11)16/h3-9H,1-2H3,(H,17,19,20). The average Bonchev–Trinajstić information content (AvgIpc) is 2.94. The van der Waals surface area contributed by atoms with Crippen LogP contribution < -0.4 is 5.32 Å². The van der Waals surface area contributed by atoms with E-state index in [1.807, 2.05) is 50.6 Å². The number of rotatable bonds is 3. The van der Waals surface area contributed by atoms with Crippen LogP contribution in [0.15, 0.2) is 42.7 Å². The molecule has 0 unspecified atom stereocenters. The predicted molar refractivity (Wildman–Crippen MR) is 84.2 cm³/mol. The van der Waals surface area contributed by atoms with Gasteiger partial charge in [-0.3, -0.25) is 4.68 Å². The van der Waals surface area contributed by atoms with Crippen molar-refractivity contribution in [3.8, 4) is 22.6 Å². The molecule has 0 aliphatic rings. The average molecular weight is 300 g/mol. The second-order valence-corrected chi connectivity index (χ2v) is 5.00. The molecule has 0 aliphatic heterocycles. The molecule has 106 valence electrons. The molecule has 0 fully saturated rings. The van der Waals surface area contributed by atoms with Gasteiger partial charge >= 0.3 is 0 Å². The van der Waals surface area contributed by atoms with Gasteiger partial charge in [0.15, 0.2) is 5.82 Å². The minimum Gasteiger partial charge on any atom is -0.373 e. The lowest BCUT2D eigenvalue weighted by molar-refractivity contribution is 0.768. The Morgan fingerprint density at radius 2 is 2.00 bits per heavy atom. The smallest absolute Gasteiger partial charge is 0.163 e. The van der Waals surface area contributed by atoms with Crippen molar-refractivity contribution in [1.29, 1.82) is 0 Å². The predicted octanol–water partition coefficient (Wildman–Crippen LogP) is 3.24. The van der Waals surface area contributed by atoms with Gasteiger partial charge in [-0.2, -0.15) is 5.10 Å². The molecule has 0 atom stereocenters. The van der Waals surface area contributed by atoms with Crippen molar-refractivity contribution in [1.82, 2.24) is 19.7 Å². The summed E-state index contributed by atoms with van der Waals surface area (Å²) in [7, 11) is 3.70. The quantitative estimate of drug-likeness (QED) is 0.806. The summed E-state index contributed by atoms with van der Waals surface area (Å²) < 4.78 is 1.74. The molecule has 1 aromatic carbocycles. The molecule has 2 aromatic heterocycles. The zero-order valence-electron chi connectivity index (χ0n) is 11.7. The normalized spacial score (nSPS) is 10.6. The Bertz CT molecular complexity index is 781. The highest BCUT2D eigenvalue weighted by molar-refractivity contribution is 6.33. The maximum Gasteiger partial charge on any atom is 0.163 e. The van der Waals surface area contributed by atoms with E-state index in [9.17, 15) is 0 Å². The van der Waals surface area contributed by atoms with E-state index in [4.69, 9.17) is 11.6 Å². The van der Waals surface area contributed by atoms with Gasteiger partial charge in [-0.05, 0) is 12.1 Å². The fraction of sp³-hybridized carbons (Fsp3) is 0.133. The highest BCUT2D eigenvalue weighted by Crippen LogP contribution is 2.28. The van der Waals surface area contributed by atoms with Gasteiger partial charge in [0.2, 0.25) is 0 Å². The van der Waals surface area contributed by atoms with E-state index in [0.29, 0.717) is 10.8 Å². The monoisotopic (exact) mass is 299 g/mol. The van der Waals surface area contributed by atoms with Gasteiger partial charge < -0.3 is 5.32 Å². The van der Waals surface area contributed by atoms with E-state index in [2.05, 4.69) is 20.4 Å². The maximum absolute atomic E-state index is 6.24. The van der Waals surface area contributed by atoms with Crippen molar-refractivity contribution in [2.75, 3.05) is 12.4 Å². The first-order valence-electron chi connectivity index (χ1n) is 6.48. The number of hydrogen-bond donors (Lipinski definition) is 1. The maximum atomic E-state index is 6.24. The van der Waals surface area contributed by atoms with Crippen LogP contribution in [0.3, 0.4) is 0 Å². The lowest BCUT2D eigenvalue weighted by Gasteiger charge is -2.08. The molecule has 0 bridgehead atoms. The van der Waals surface area contributed by atoms with Gasteiger partial charge in [0.25, 0.3) is 0 Å². The third kappa shape index (κ3) is 2.73. The molecule has 0 radical (unpaired) electrons. The van der Waals surface area contributed by atoms with E-state index in [-0.39, 0.29) is 0 Å². The Morgan fingerprint density at radius 3 is 2.67 bits per heavy atom. The topological polar surface area (TPSA) is 55.6 Å². The van der Waals surface area contributed by atoms with Crippen LogP contribution in [0.4, 0.5) is 5.82 Å². The molecule has 0 amide bonds. The van der Waals surface area contributed by atoms with Gasteiger partial charge in [0.05, 0.1) is 16.9 Å². The first-order chi connectivity index (χ1) is 10.2. The van der Waals surface area contributed by atoms with Crippen LogP contribution in [-0.4, -0.2) is 26.8 Å². The third-order valence-electron chi connectivity index (χ3n) is 3.10. The number of benzene rings is 1. The van der Waals surface area contributed by atoms with Gasteiger partial charge in [0, 0.05) is 37.5 Å². The summed E-state index contributed by atoms with van der Waals surface area (Å²) in [5.74, 6) is 1.32. The highest BCUT2D eigenvalue weighted by Gasteiger charge is 2.11. The van der Waals surface area contributed by atoms with Gasteiger partial charge in [0.1, 0.15) is 5.82 Å². The molecule has 6 heteroatoms. The minimum absolute atomic E-state index is 0.589. The number of anilines is 1. The van der Waals surface area contributed by atoms with Gasteiger partial charge in [-0.1, -0.05) is 23.7 Å². The molecule has 0 aliphatic carbocycles. The number of aryl methyl sites for hydroxylation is 1. The van der Waals surface area contributed by atoms with E-state index >= 15 is 0 Å². The Balaban J connectivity index is 2.16. The summed E-state index contributed by atoms with van der Waals surface area (Å²) in [6.07, 6.45) is 3.69. The van der Waals surface area contributed by atoms with Crippen LogP contribution in [0, 0.1) is 0 Å². The van der Waals surface area contributed by atoms with Crippen LogP contribution in [0.1, 0.15) is 0 Å². The molecular weight excluding hydrogens is 286 g/mol. The molecule has 3 aromatic rings. The van der Waals surface area contributed by atoms with Crippen molar-refractivity contribution in [3.63, 3.8) is 0 Å².